The van der Waals surface area contributed by atoms with Crippen molar-refractivity contribution >= 4 is 17.5 Å². The third-order valence-corrected chi connectivity index (χ3v) is 5.25. The number of para-hydroxylation sites is 1. The molecule has 2 fully saturated rings. The Hall–Kier alpha value is -2.08. The van der Waals surface area contributed by atoms with Gasteiger partial charge in [0, 0.05) is 57.9 Å². The number of carbonyl (C=O) groups is 2. The van der Waals surface area contributed by atoms with Crippen LogP contribution in [0, 0.1) is 0 Å². The monoisotopic (exact) mass is 358 g/mol. The maximum absolute atomic E-state index is 12.7. The topological polar surface area (TPSA) is 55.9 Å². The summed E-state index contributed by atoms with van der Waals surface area (Å²) in [6.07, 6.45) is 2.98. The van der Waals surface area contributed by atoms with E-state index in [0.29, 0.717) is 13.1 Å². The van der Waals surface area contributed by atoms with Crippen LogP contribution in [0.15, 0.2) is 30.3 Å². The van der Waals surface area contributed by atoms with Crippen molar-refractivity contribution in [3.8, 4) is 0 Å². The Kier molecular flexibility index (Phi) is 6.50. The number of nitrogens with one attached hydrogen (secondary N) is 1. The molecule has 6 heteroatoms. The minimum Gasteiger partial charge on any atom is -0.370 e. The van der Waals surface area contributed by atoms with Gasteiger partial charge in [-0.3, -0.25) is 14.5 Å². The van der Waals surface area contributed by atoms with Gasteiger partial charge in [0.2, 0.25) is 11.8 Å². The van der Waals surface area contributed by atoms with E-state index in [4.69, 9.17) is 0 Å². The zero-order chi connectivity index (χ0) is 18.4. The number of hydrogen-bond acceptors (Lipinski definition) is 4. The highest BCUT2D eigenvalue weighted by Gasteiger charge is 2.26. The van der Waals surface area contributed by atoms with E-state index >= 15 is 0 Å². The van der Waals surface area contributed by atoms with Crippen LogP contribution in [0.2, 0.25) is 0 Å². The van der Waals surface area contributed by atoms with Crippen molar-refractivity contribution in [2.45, 2.75) is 32.2 Å². The average molecular weight is 358 g/mol. The number of nitrogens with zero attached hydrogens (tertiary/aromatic N) is 3. The quantitative estimate of drug-likeness (QED) is 0.882. The summed E-state index contributed by atoms with van der Waals surface area (Å²) in [5, 5.41) is 2.95. The fourth-order valence-corrected chi connectivity index (χ4v) is 3.93. The predicted octanol–water partition coefficient (Wildman–Crippen LogP) is 1.33. The van der Waals surface area contributed by atoms with Gasteiger partial charge in [-0.15, -0.1) is 0 Å². The van der Waals surface area contributed by atoms with Crippen LogP contribution < -0.4 is 10.2 Å². The molecule has 1 aromatic rings. The van der Waals surface area contributed by atoms with Gasteiger partial charge in [-0.05, 0) is 31.4 Å². The van der Waals surface area contributed by atoms with Crippen LogP contribution in [0.25, 0.3) is 0 Å². The highest BCUT2D eigenvalue weighted by Crippen LogP contribution is 2.16. The molecule has 2 aliphatic heterocycles. The van der Waals surface area contributed by atoms with Crippen molar-refractivity contribution in [1.82, 2.24) is 15.1 Å². The molecule has 0 saturated carbocycles. The summed E-state index contributed by atoms with van der Waals surface area (Å²) in [6, 6.07) is 10.6. The van der Waals surface area contributed by atoms with Gasteiger partial charge < -0.3 is 15.1 Å². The molecule has 1 atom stereocenters. The Morgan fingerprint density at radius 2 is 1.85 bits per heavy atom. The smallest absolute Gasteiger partial charge is 0.236 e. The molecular weight excluding hydrogens is 328 g/mol. The van der Waals surface area contributed by atoms with Gasteiger partial charge in [-0.1, -0.05) is 18.2 Å². The van der Waals surface area contributed by atoms with Crippen molar-refractivity contribution in [3.05, 3.63) is 30.3 Å². The van der Waals surface area contributed by atoms with Gasteiger partial charge >= 0.3 is 0 Å². The Bertz CT molecular complexity index is 607. The van der Waals surface area contributed by atoms with E-state index < -0.39 is 0 Å². The second-order valence-electron chi connectivity index (χ2n) is 7.33. The zero-order valence-corrected chi connectivity index (χ0v) is 15.7. The molecule has 6 nitrogen and oxygen atoms in total. The highest BCUT2D eigenvalue weighted by molar-refractivity contribution is 5.78. The number of hydrogen-bond donors (Lipinski definition) is 1. The molecule has 3 rings (SSSR count). The average Bonchev–Trinajstić information content (AvgIpc) is 2.88. The lowest BCUT2D eigenvalue weighted by Gasteiger charge is -2.34. The van der Waals surface area contributed by atoms with Gasteiger partial charge in [-0.25, -0.2) is 0 Å². The molecule has 0 bridgehead atoms. The molecule has 2 aliphatic rings. The number of amides is 2. The van der Waals surface area contributed by atoms with E-state index in [1.807, 2.05) is 11.0 Å². The first-order valence-corrected chi connectivity index (χ1v) is 9.69. The lowest BCUT2D eigenvalue weighted by Crippen LogP contribution is -2.51. The van der Waals surface area contributed by atoms with Crippen molar-refractivity contribution in [3.63, 3.8) is 0 Å². The highest BCUT2D eigenvalue weighted by atomic mass is 16.2. The molecule has 1 unspecified atom stereocenters. The number of rotatable bonds is 4. The largest absolute Gasteiger partial charge is 0.370 e. The normalized spacial score (nSPS) is 22.0. The number of likely N-dealkylation sites (tertiary alicyclic amines) is 1. The predicted molar refractivity (Wildman–Crippen MR) is 103 cm³/mol. The van der Waals surface area contributed by atoms with E-state index in [0.717, 1.165) is 52.0 Å². The molecule has 2 saturated heterocycles. The van der Waals surface area contributed by atoms with Crippen LogP contribution in [0.4, 0.5) is 5.69 Å². The maximum atomic E-state index is 12.7. The fourth-order valence-electron chi connectivity index (χ4n) is 3.93. The van der Waals surface area contributed by atoms with Crippen LogP contribution in [-0.4, -0.2) is 73.5 Å². The summed E-state index contributed by atoms with van der Waals surface area (Å²) < 4.78 is 0. The van der Waals surface area contributed by atoms with Crippen LogP contribution in [0.1, 0.15) is 26.2 Å². The van der Waals surface area contributed by atoms with Gasteiger partial charge in [0.15, 0.2) is 0 Å². The molecule has 2 heterocycles. The fraction of sp³-hybridized carbons (Fsp3) is 0.600. The summed E-state index contributed by atoms with van der Waals surface area (Å²) >= 11 is 0. The van der Waals surface area contributed by atoms with E-state index in [-0.39, 0.29) is 17.9 Å². The molecule has 0 aliphatic carbocycles. The second-order valence-corrected chi connectivity index (χ2v) is 7.33. The Morgan fingerprint density at radius 3 is 2.62 bits per heavy atom. The molecular formula is C20H30N4O2. The molecule has 0 spiro atoms. The number of anilines is 1. The Balaban J connectivity index is 1.49. The van der Waals surface area contributed by atoms with Crippen molar-refractivity contribution in [2.75, 3.05) is 50.7 Å². The summed E-state index contributed by atoms with van der Waals surface area (Å²) in [5.74, 6) is 0.172. The summed E-state index contributed by atoms with van der Waals surface area (Å²) in [4.78, 5) is 30.6. The number of benzene rings is 1. The van der Waals surface area contributed by atoms with Crippen LogP contribution in [0.5, 0.6) is 0 Å². The van der Waals surface area contributed by atoms with Gasteiger partial charge in [-0.2, -0.15) is 0 Å². The standard InChI is InChI=1S/C20H30N4O2/c1-17(25)21-18-7-5-11-24(15-18)20(26)16-22-10-6-12-23(14-13-22)19-8-3-2-4-9-19/h2-4,8-9,18H,5-7,10-16H2,1H3,(H,21,25). The van der Waals surface area contributed by atoms with Crippen molar-refractivity contribution in [1.29, 1.82) is 0 Å². The molecule has 0 radical (unpaired) electrons. The molecule has 2 amide bonds. The van der Waals surface area contributed by atoms with Crippen LogP contribution in [0.3, 0.4) is 0 Å². The van der Waals surface area contributed by atoms with Gasteiger partial charge in [0.05, 0.1) is 6.54 Å². The Labute approximate surface area is 156 Å². The molecule has 0 aromatic heterocycles. The first-order chi connectivity index (χ1) is 12.6. The first-order valence-electron chi connectivity index (χ1n) is 9.69. The molecule has 1 N–H and O–H groups in total. The van der Waals surface area contributed by atoms with Gasteiger partial charge in [0.1, 0.15) is 0 Å². The van der Waals surface area contributed by atoms with E-state index in [2.05, 4.69) is 39.4 Å². The maximum Gasteiger partial charge on any atom is 0.236 e. The zero-order valence-electron chi connectivity index (χ0n) is 15.7. The number of carbonyl (C=O) groups excluding carboxylic acids is 2. The summed E-state index contributed by atoms with van der Waals surface area (Å²) in [6.45, 7) is 7.31. The molecule has 142 valence electrons. The summed E-state index contributed by atoms with van der Waals surface area (Å²) in [5.41, 5.74) is 1.26. The van der Waals surface area contributed by atoms with E-state index in [1.165, 1.54) is 12.6 Å². The van der Waals surface area contributed by atoms with Crippen molar-refractivity contribution < 1.29 is 9.59 Å². The van der Waals surface area contributed by atoms with Crippen molar-refractivity contribution in [2.24, 2.45) is 0 Å². The van der Waals surface area contributed by atoms with E-state index in [1.54, 1.807) is 0 Å². The van der Waals surface area contributed by atoms with Gasteiger partial charge in [0.25, 0.3) is 0 Å². The van der Waals surface area contributed by atoms with Crippen LogP contribution in [-0.2, 0) is 9.59 Å². The lowest BCUT2D eigenvalue weighted by atomic mass is 10.1. The summed E-state index contributed by atoms with van der Waals surface area (Å²) in [7, 11) is 0. The Morgan fingerprint density at radius 1 is 1.04 bits per heavy atom. The number of piperidine rings is 1. The lowest BCUT2D eigenvalue weighted by molar-refractivity contribution is -0.134. The second kappa shape index (κ2) is 9.03. The third kappa shape index (κ3) is 5.21. The molecule has 1 aromatic carbocycles. The SMILES string of the molecule is CC(=O)NC1CCCN(C(=O)CN2CCCN(c3ccccc3)CC2)C1. The van der Waals surface area contributed by atoms with Crippen LogP contribution >= 0.6 is 0 Å². The molecule has 26 heavy (non-hydrogen) atoms. The minimum absolute atomic E-state index is 0.0159. The van der Waals surface area contributed by atoms with E-state index in [9.17, 15) is 9.59 Å². The third-order valence-electron chi connectivity index (χ3n) is 5.25. The first kappa shape index (κ1) is 18.7. The minimum atomic E-state index is -0.0159.